The third-order valence-electron chi connectivity index (χ3n) is 2.53. The Morgan fingerprint density at radius 1 is 1.18 bits per heavy atom. The van der Waals surface area contributed by atoms with E-state index in [0.29, 0.717) is 13.2 Å². The highest BCUT2D eigenvalue weighted by Crippen LogP contribution is 2.24. The lowest BCUT2D eigenvalue weighted by atomic mass is 10.2. The van der Waals surface area contributed by atoms with E-state index in [1.54, 1.807) is 11.3 Å². The molecule has 0 saturated carbocycles. The van der Waals surface area contributed by atoms with Gasteiger partial charge in [0, 0.05) is 4.88 Å². The molecule has 2 aromatic heterocycles. The van der Waals surface area contributed by atoms with E-state index in [1.165, 1.54) is 15.1 Å². The molecule has 0 aliphatic rings. The summed E-state index contributed by atoms with van der Waals surface area (Å²) in [6.07, 6.45) is 1.85. The van der Waals surface area contributed by atoms with Crippen LogP contribution in [0.2, 0.25) is 0 Å². The van der Waals surface area contributed by atoms with Crippen molar-refractivity contribution in [3.05, 3.63) is 53.0 Å². The largest absolute Gasteiger partial charge is 0.371 e. The Hall–Kier alpha value is -1.65. The minimum absolute atomic E-state index is 0.655. The van der Waals surface area contributed by atoms with Gasteiger partial charge in [0.15, 0.2) is 0 Å². The van der Waals surface area contributed by atoms with Gasteiger partial charge in [0.2, 0.25) is 0 Å². The Morgan fingerprint density at radius 2 is 2.06 bits per heavy atom. The third kappa shape index (κ3) is 2.38. The van der Waals surface area contributed by atoms with Gasteiger partial charge in [-0.3, -0.25) is 5.10 Å². The number of hydrogen-bond donors (Lipinski definition) is 1. The molecular weight excluding hydrogens is 232 g/mol. The Labute approximate surface area is 103 Å². The first-order chi connectivity index (χ1) is 8.42. The Morgan fingerprint density at radius 3 is 2.88 bits per heavy atom. The summed E-state index contributed by atoms with van der Waals surface area (Å²) in [4.78, 5) is 1.23. The first-order valence-corrected chi connectivity index (χ1v) is 6.27. The molecule has 0 bridgehead atoms. The van der Waals surface area contributed by atoms with Gasteiger partial charge in [-0.1, -0.05) is 30.3 Å². The summed E-state index contributed by atoms with van der Waals surface area (Å²) in [5.41, 5.74) is 2.30. The van der Waals surface area contributed by atoms with Gasteiger partial charge in [-0.05, 0) is 11.6 Å². The molecule has 0 aliphatic carbocycles. The quantitative estimate of drug-likeness (QED) is 0.764. The number of H-pyrrole nitrogens is 1. The maximum Gasteiger partial charge on any atom is 0.0814 e. The van der Waals surface area contributed by atoms with Crippen LogP contribution in [-0.2, 0) is 18.0 Å². The van der Waals surface area contributed by atoms with Crippen molar-refractivity contribution in [2.45, 2.75) is 13.2 Å². The van der Waals surface area contributed by atoms with Crippen LogP contribution in [0.5, 0.6) is 0 Å². The summed E-state index contributed by atoms with van der Waals surface area (Å²) >= 11 is 1.72. The first kappa shape index (κ1) is 10.5. The second-order valence-corrected chi connectivity index (χ2v) is 5.01. The van der Waals surface area contributed by atoms with Crippen molar-refractivity contribution in [2.75, 3.05) is 0 Å². The van der Waals surface area contributed by atoms with E-state index >= 15 is 0 Å². The predicted octanol–water partition coefficient (Wildman–Crippen LogP) is 3.34. The molecule has 1 N–H and O–H groups in total. The summed E-state index contributed by atoms with van der Waals surface area (Å²) in [6, 6.07) is 12.3. The lowest BCUT2D eigenvalue weighted by Gasteiger charge is -2.01. The number of nitrogens with one attached hydrogen (secondary N) is 1. The molecule has 86 valence electrons. The molecule has 0 saturated heterocycles. The zero-order valence-electron chi connectivity index (χ0n) is 9.22. The van der Waals surface area contributed by atoms with Gasteiger partial charge >= 0.3 is 0 Å². The molecule has 3 aromatic rings. The smallest absolute Gasteiger partial charge is 0.0814 e. The lowest BCUT2D eigenvalue weighted by Crippen LogP contribution is -1.91. The van der Waals surface area contributed by atoms with Crippen LogP contribution in [0.3, 0.4) is 0 Å². The first-order valence-electron chi connectivity index (χ1n) is 5.45. The maximum absolute atomic E-state index is 5.68. The highest BCUT2D eigenvalue weighted by molar-refractivity contribution is 7.18. The number of aromatic amines is 1. The fourth-order valence-corrected chi connectivity index (χ4v) is 2.64. The predicted molar refractivity (Wildman–Crippen MR) is 68.9 cm³/mol. The van der Waals surface area contributed by atoms with Crippen LogP contribution in [0.15, 0.2) is 42.6 Å². The van der Waals surface area contributed by atoms with Gasteiger partial charge in [0.05, 0.1) is 29.6 Å². The lowest BCUT2D eigenvalue weighted by molar-refractivity contribution is 0.109. The van der Waals surface area contributed by atoms with E-state index < -0.39 is 0 Å². The van der Waals surface area contributed by atoms with Crippen molar-refractivity contribution in [3.63, 3.8) is 0 Å². The SMILES string of the molecule is c1ccc(COCc2cc3[nH]ncc3s2)cc1. The molecule has 3 rings (SSSR count). The molecule has 0 unspecified atom stereocenters. The Bertz CT molecular complexity index is 571. The van der Waals surface area contributed by atoms with Crippen molar-refractivity contribution >= 4 is 21.6 Å². The fourth-order valence-electron chi connectivity index (χ4n) is 1.72. The number of aromatic nitrogens is 2. The summed E-state index contributed by atoms with van der Waals surface area (Å²) < 4.78 is 6.86. The molecule has 0 radical (unpaired) electrons. The summed E-state index contributed by atoms with van der Waals surface area (Å²) in [6.45, 7) is 1.31. The third-order valence-corrected chi connectivity index (χ3v) is 3.58. The topological polar surface area (TPSA) is 37.9 Å². The molecule has 0 atom stereocenters. The summed E-state index contributed by atoms with van der Waals surface area (Å²) in [5.74, 6) is 0. The minimum Gasteiger partial charge on any atom is -0.371 e. The maximum atomic E-state index is 5.68. The van der Waals surface area contributed by atoms with Crippen molar-refractivity contribution < 1.29 is 4.74 Å². The van der Waals surface area contributed by atoms with E-state index in [2.05, 4.69) is 28.4 Å². The summed E-state index contributed by atoms with van der Waals surface area (Å²) in [5, 5.41) is 6.93. The molecule has 2 heterocycles. The molecule has 0 amide bonds. The monoisotopic (exact) mass is 244 g/mol. The second kappa shape index (κ2) is 4.69. The average Bonchev–Trinajstić information content (AvgIpc) is 2.91. The molecule has 0 spiro atoms. The van der Waals surface area contributed by atoms with Gasteiger partial charge in [0.1, 0.15) is 0 Å². The van der Waals surface area contributed by atoms with E-state index in [4.69, 9.17) is 4.74 Å². The van der Waals surface area contributed by atoms with Crippen molar-refractivity contribution in [2.24, 2.45) is 0 Å². The van der Waals surface area contributed by atoms with Crippen LogP contribution >= 0.6 is 11.3 Å². The number of rotatable bonds is 4. The van der Waals surface area contributed by atoms with Gasteiger partial charge in [-0.15, -0.1) is 11.3 Å². The normalized spacial score (nSPS) is 11.1. The van der Waals surface area contributed by atoms with Gasteiger partial charge in [-0.25, -0.2) is 0 Å². The fraction of sp³-hybridized carbons (Fsp3) is 0.154. The van der Waals surface area contributed by atoms with E-state index in [9.17, 15) is 0 Å². The zero-order valence-corrected chi connectivity index (χ0v) is 10.0. The number of ether oxygens (including phenoxy) is 1. The van der Waals surface area contributed by atoms with Gasteiger partial charge in [0.25, 0.3) is 0 Å². The van der Waals surface area contributed by atoms with Crippen molar-refractivity contribution in [1.29, 1.82) is 0 Å². The highest BCUT2D eigenvalue weighted by Gasteiger charge is 2.03. The molecule has 0 fully saturated rings. The molecule has 17 heavy (non-hydrogen) atoms. The Balaban J connectivity index is 1.59. The molecule has 0 aliphatic heterocycles. The number of nitrogens with zero attached hydrogens (tertiary/aromatic N) is 1. The molecular formula is C13H12N2OS. The standard InChI is InChI=1S/C13H12N2OS/c1-2-4-10(5-3-1)8-16-9-11-6-12-13(17-11)7-14-15-12/h1-7H,8-9H2,(H,14,15). The van der Waals surface area contributed by atoms with Crippen LogP contribution in [-0.4, -0.2) is 10.2 Å². The van der Waals surface area contributed by atoms with E-state index in [-0.39, 0.29) is 0 Å². The number of benzene rings is 1. The molecule has 1 aromatic carbocycles. The van der Waals surface area contributed by atoms with Gasteiger partial charge in [-0.2, -0.15) is 5.10 Å². The van der Waals surface area contributed by atoms with Crippen LogP contribution in [0.4, 0.5) is 0 Å². The van der Waals surface area contributed by atoms with Gasteiger partial charge < -0.3 is 4.74 Å². The number of hydrogen-bond acceptors (Lipinski definition) is 3. The van der Waals surface area contributed by atoms with E-state index in [1.807, 2.05) is 24.4 Å². The molecule has 4 heteroatoms. The van der Waals surface area contributed by atoms with Crippen LogP contribution < -0.4 is 0 Å². The second-order valence-electron chi connectivity index (χ2n) is 3.84. The number of thiophene rings is 1. The van der Waals surface area contributed by atoms with E-state index in [0.717, 1.165) is 5.52 Å². The minimum atomic E-state index is 0.655. The van der Waals surface area contributed by atoms with Crippen molar-refractivity contribution in [3.8, 4) is 0 Å². The number of fused-ring (bicyclic) bond motifs is 1. The van der Waals surface area contributed by atoms with Crippen LogP contribution in [0, 0.1) is 0 Å². The Kier molecular flexibility index (Phi) is 2.90. The summed E-state index contributed by atoms with van der Waals surface area (Å²) in [7, 11) is 0. The molecule has 3 nitrogen and oxygen atoms in total. The van der Waals surface area contributed by atoms with Crippen molar-refractivity contribution in [1.82, 2.24) is 10.2 Å². The zero-order chi connectivity index (χ0) is 11.5. The highest BCUT2D eigenvalue weighted by atomic mass is 32.1. The van der Waals surface area contributed by atoms with Crippen LogP contribution in [0.1, 0.15) is 10.4 Å². The average molecular weight is 244 g/mol. The van der Waals surface area contributed by atoms with Crippen LogP contribution in [0.25, 0.3) is 10.2 Å².